The van der Waals surface area contributed by atoms with Crippen LogP contribution in [0.25, 0.3) is 0 Å². The SMILES string of the molecule is O=C(COCC(F)(F)F)N(CCO)CC(F)(F)F. The van der Waals surface area contributed by atoms with Gasteiger partial charge in [0.2, 0.25) is 5.91 Å². The summed E-state index contributed by atoms with van der Waals surface area (Å²) in [4.78, 5) is 11.3. The number of carbonyl (C=O) groups excluding carboxylic acids is 1. The fourth-order valence-electron chi connectivity index (χ4n) is 0.974. The Morgan fingerprint density at radius 3 is 2.06 bits per heavy atom. The summed E-state index contributed by atoms with van der Waals surface area (Å²) in [6.45, 7) is -5.87. The maximum absolute atomic E-state index is 12.0. The van der Waals surface area contributed by atoms with Crippen LogP contribution in [0.2, 0.25) is 0 Å². The zero-order valence-electron chi connectivity index (χ0n) is 9.01. The molecule has 0 aliphatic rings. The van der Waals surface area contributed by atoms with E-state index in [0.29, 0.717) is 0 Å². The molecule has 0 unspecified atom stereocenters. The summed E-state index contributed by atoms with van der Waals surface area (Å²) in [6.07, 6.45) is -9.36. The van der Waals surface area contributed by atoms with E-state index in [1.54, 1.807) is 0 Å². The van der Waals surface area contributed by atoms with Crippen LogP contribution in [0.15, 0.2) is 0 Å². The van der Waals surface area contributed by atoms with Crippen molar-refractivity contribution in [2.45, 2.75) is 12.4 Å². The van der Waals surface area contributed by atoms with Gasteiger partial charge >= 0.3 is 12.4 Å². The van der Waals surface area contributed by atoms with Crippen LogP contribution in [0, 0.1) is 0 Å². The predicted molar refractivity (Wildman–Crippen MR) is 46.6 cm³/mol. The van der Waals surface area contributed by atoms with Crippen molar-refractivity contribution in [3.05, 3.63) is 0 Å². The average Bonchev–Trinajstić information content (AvgIpc) is 2.12. The van der Waals surface area contributed by atoms with E-state index in [4.69, 9.17) is 5.11 Å². The molecule has 0 saturated carbocycles. The van der Waals surface area contributed by atoms with Crippen molar-refractivity contribution in [1.29, 1.82) is 0 Å². The Morgan fingerprint density at radius 1 is 1.11 bits per heavy atom. The Balaban J connectivity index is 4.23. The van der Waals surface area contributed by atoms with Crippen LogP contribution in [0.3, 0.4) is 0 Å². The number of amides is 1. The number of aliphatic hydroxyl groups excluding tert-OH is 1. The number of carbonyl (C=O) groups is 1. The van der Waals surface area contributed by atoms with Gasteiger partial charge in [-0.2, -0.15) is 26.3 Å². The van der Waals surface area contributed by atoms with Crippen LogP contribution in [0.1, 0.15) is 0 Å². The third-order valence-electron chi connectivity index (χ3n) is 1.58. The smallest absolute Gasteiger partial charge is 0.395 e. The number of halogens is 6. The molecular weight excluding hydrogens is 272 g/mol. The van der Waals surface area contributed by atoms with Gasteiger partial charge in [0.15, 0.2) is 0 Å². The van der Waals surface area contributed by atoms with Crippen molar-refractivity contribution in [1.82, 2.24) is 4.90 Å². The number of aliphatic hydroxyl groups is 1. The lowest BCUT2D eigenvalue weighted by molar-refractivity contribution is -0.183. The summed E-state index contributed by atoms with van der Waals surface area (Å²) >= 11 is 0. The van der Waals surface area contributed by atoms with Gasteiger partial charge in [0, 0.05) is 6.54 Å². The molecule has 0 aromatic heterocycles. The summed E-state index contributed by atoms with van der Waals surface area (Å²) in [7, 11) is 0. The first-order valence-corrected chi connectivity index (χ1v) is 4.65. The Labute approximate surface area is 98.1 Å². The van der Waals surface area contributed by atoms with Gasteiger partial charge in [-0.3, -0.25) is 4.79 Å². The lowest BCUT2D eigenvalue weighted by Gasteiger charge is -2.23. The fraction of sp³-hybridized carbons (Fsp3) is 0.875. The molecule has 0 rings (SSSR count). The quantitative estimate of drug-likeness (QED) is 0.738. The van der Waals surface area contributed by atoms with Crippen LogP contribution in [0.5, 0.6) is 0 Å². The maximum Gasteiger partial charge on any atom is 0.411 e. The van der Waals surface area contributed by atoms with Gasteiger partial charge in [-0.15, -0.1) is 0 Å². The number of alkyl halides is 6. The van der Waals surface area contributed by atoms with E-state index >= 15 is 0 Å². The standard InChI is InChI=1S/C8H11F6NO3/c9-7(10,11)4-15(1-2-16)6(17)3-18-5-8(12,13)14/h16H,1-5H2. The molecule has 0 spiro atoms. The lowest BCUT2D eigenvalue weighted by Crippen LogP contribution is -2.42. The summed E-state index contributed by atoms with van der Waals surface area (Å²) in [5, 5.41) is 8.46. The Morgan fingerprint density at radius 2 is 1.67 bits per heavy atom. The zero-order valence-corrected chi connectivity index (χ0v) is 9.01. The highest BCUT2D eigenvalue weighted by Gasteiger charge is 2.33. The number of hydrogen-bond donors (Lipinski definition) is 1. The molecule has 108 valence electrons. The van der Waals surface area contributed by atoms with Crippen molar-refractivity contribution < 1.29 is 41.0 Å². The zero-order chi connectivity index (χ0) is 14.4. The third kappa shape index (κ3) is 9.05. The van der Waals surface area contributed by atoms with E-state index in [0.717, 1.165) is 0 Å². The normalized spacial score (nSPS) is 12.6. The Bertz CT molecular complexity index is 265. The highest BCUT2D eigenvalue weighted by atomic mass is 19.4. The molecule has 4 nitrogen and oxygen atoms in total. The number of hydrogen-bond acceptors (Lipinski definition) is 3. The van der Waals surface area contributed by atoms with Gasteiger partial charge in [0.05, 0.1) is 6.61 Å². The summed E-state index contributed by atoms with van der Waals surface area (Å²) < 4.78 is 74.9. The minimum atomic E-state index is -4.70. The number of ether oxygens (including phenoxy) is 1. The molecule has 0 atom stereocenters. The molecule has 1 N–H and O–H groups in total. The monoisotopic (exact) mass is 283 g/mol. The second-order valence-electron chi connectivity index (χ2n) is 3.26. The largest absolute Gasteiger partial charge is 0.411 e. The van der Waals surface area contributed by atoms with Crippen molar-refractivity contribution in [2.24, 2.45) is 0 Å². The van der Waals surface area contributed by atoms with Crippen LogP contribution < -0.4 is 0 Å². The molecule has 10 heteroatoms. The molecule has 0 bridgehead atoms. The highest BCUT2D eigenvalue weighted by Crippen LogP contribution is 2.17. The topological polar surface area (TPSA) is 49.8 Å². The third-order valence-corrected chi connectivity index (χ3v) is 1.58. The minimum Gasteiger partial charge on any atom is -0.395 e. The van der Waals surface area contributed by atoms with E-state index in [2.05, 4.69) is 4.74 Å². The Hall–Kier alpha value is -1.03. The fourth-order valence-corrected chi connectivity index (χ4v) is 0.974. The molecule has 0 aromatic carbocycles. The first-order valence-electron chi connectivity index (χ1n) is 4.65. The van der Waals surface area contributed by atoms with Crippen LogP contribution in [0.4, 0.5) is 26.3 Å². The first-order chi connectivity index (χ1) is 8.05. The summed E-state index contributed by atoms with van der Waals surface area (Å²) in [6, 6.07) is 0. The van der Waals surface area contributed by atoms with Gasteiger partial charge in [-0.05, 0) is 0 Å². The molecule has 0 radical (unpaired) electrons. The summed E-state index contributed by atoms with van der Waals surface area (Å²) in [5.41, 5.74) is 0. The molecule has 0 saturated heterocycles. The number of nitrogens with zero attached hydrogens (tertiary/aromatic N) is 1. The molecule has 0 heterocycles. The van der Waals surface area contributed by atoms with Gasteiger partial charge in [0.25, 0.3) is 0 Å². The molecule has 0 fully saturated rings. The van der Waals surface area contributed by atoms with Crippen molar-refractivity contribution >= 4 is 5.91 Å². The van der Waals surface area contributed by atoms with E-state index in [1.165, 1.54) is 0 Å². The molecule has 0 aliphatic carbocycles. The number of rotatable bonds is 6. The Kier molecular flexibility index (Phi) is 6.39. The van der Waals surface area contributed by atoms with Crippen molar-refractivity contribution in [3.8, 4) is 0 Å². The molecule has 0 aromatic rings. The van der Waals surface area contributed by atoms with E-state index in [-0.39, 0.29) is 4.90 Å². The maximum atomic E-state index is 12.0. The molecule has 18 heavy (non-hydrogen) atoms. The van der Waals surface area contributed by atoms with Gasteiger partial charge in [0.1, 0.15) is 19.8 Å². The molecule has 0 aliphatic heterocycles. The van der Waals surface area contributed by atoms with Gasteiger partial charge in [-0.25, -0.2) is 0 Å². The average molecular weight is 283 g/mol. The lowest BCUT2D eigenvalue weighted by atomic mass is 10.4. The minimum absolute atomic E-state index is 0.177. The highest BCUT2D eigenvalue weighted by molar-refractivity contribution is 5.77. The molecule has 1 amide bonds. The van der Waals surface area contributed by atoms with E-state index in [1.807, 2.05) is 0 Å². The second kappa shape index (κ2) is 6.78. The van der Waals surface area contributed by atoms with Gasteiger partial charge < -0.3 is 14.7 Å². The summed E-state index contributed by atoms with van der Waals surface area (Å²) in [5.74, 6) is -1.27. The first kappa shape index (κ1) is 17.0. The van der Waals surface area contributed by atoms with Crippen LogP contribution in [-0.2, 0) is 9.53 Å². The van der Waals surface area contributed by atoms with E-state index < -0.39 is 51.2 Å². The second-order valence-corrected chi connectivity index (χ2v) is 3.26. The molecular formula is C8H11F6NO3. The predicted octanol–water partition coefficient (Wildman–Crippen LogP) is 0.949. The van der Waals surface area contributed by atoms with Crippen LogP contribution >= 0.6 is 0 Å². The van der Waals surface area contributed by atoms with Crippen molar-refractivity contribution in [3.63, 3.8) is 0 Å². The van der Waals surface area contributed by atoms with Crippen molar-refractivity contribution in [2.75, 3.05) is 32.9 Å². The van der Waals surface area contributed by atoms with Crippen LogP contribution in [-0.4, -0.2) is 61.2 Å². The van der Waals surface area contributed by atoms with Gasteiger partial charge in [-0.1, -0.05) is 0 Å². The van der Waals surface area contributed by atoms with E-state index in [9.17, 15) is 31.1 Å².